The molecule has 24 heavy (non-hydrogen) atoms. The van der Waals surface area contributed by atoms with Gasteiger partial charge in [0.2, 0.25) is 5.91 Å². The standard InChI is InChI=1S/C19H25N3O2/c23-19(20-11-4-12-24-15-16-7-8-16)10-9-17-13-21-22(14-17)18-5-2-1-3-6-18/h1-3,5-6,13-14,16H,4,7-12,15H2,(H,20,23). The quantitative estimate of drug-likeness (QED) is 0.683. The van der Waals surface area contributed by atoms with E-state index in [2.05, 4.69) is 10.4 Å². The molecule has 128 valence electrons. The first kappa shape index (κ1) is 16.7. The Morgan fingerprint density at radius 3 is 2.92 bits per heavy atom. The highest BCUT2D eigenvalue weighted by Gasteiger charge is 2.20. The third-order valence-electron chi connectivity index (χ3n) is 4.14. The Morgan fingerprint density at radius 2 is 2.12 bits per heavy atom. The van der Waals surface area contributed by atoms with Gasteiger partial charge in [-0.25, -0.2) is 4.68 Å². The Kier molecular flexibility index (Phi) is 6.01. The maximum atomic E-state index is 11.9. The number of hydrogen-bond donors (Lipinski definition) is 1. The van der Waals surface area contributed by atoms with Gasteiger partial charge in [-0.15, -0.1) is 0 Å². The monoisotopic (exact) mass is 327 g/mol. The number of para-hydroxylation sites is 1. The molecule has 5 heteroatoms. The van der Waals surface area contributed by atoms with Crippen LogP contribution in [0.25, 0.3) is 5.69 Å². The van der Waals surface area contributed by atoms with Crippen molar-refractivity contribution in [3.63, 3.8) is 0 Å². The minimum Gasteiger partial charge on any atom is -0.381 e. The van der Waals surface area contributed by atoms with Gasteiger partial charge in [-0.3, -0.25) is 4.79 Å². The van der Waals surface area contributed by atoms with Crippen molar-refractivity contribution in [3.8, 4) is 5.69 Å². The molecule has 1 aliphatic carbocycles. The van der Waals surface area contributed by atoms with Gasteiger partial charge in [-0.1, -0.05) is 18.2 Å². The first-order valence-electron chi connectivity index (χ1n) is 8.74. The number of nitrogens with one attached hydrogen (secondary N) is 1. The fourth-order valence-corrected chi connectivity index (χ4v) is 2.49. The highest BCUT2D eigenvalue weighted by Crippen LogP contribution is 2.28. The van der Waals surface area contributed by atoms with Crippen LogP contribution in [0.15, 0.2) is 42.7 Å². The fourth-order valence-electron chi connectivity index (χ4n) is 2.49. The van der Waals surface area contributed by atoms with Crippen LogP contribution >= 0.6 is 0 Å². The SMILES string of the molecule is O=C(CCc1cnn(-c2ccccc2)c1)NCCCOCC1CC1. The summed E-state index contributed by atoms with van der Waals surface area (Å²) >= 11 is 0. The van der Waals surface area contributed by atoms with E-state index in [1.54, 1.807) is 0 Å². The average Bonchev–Trinajstić information content (AvgIpc) is 3.32. The summed E-state index contributed by atoms with van der Waals surface area (Å²) in [4.78, 5) is 11.9. The number of aromatic nitrogens is 2. The van der Waals surface area contributed by atoms with Crippen LogP contribution in [-0.4, -0.2) is 35.4 Å². The van der Waals surface area contributed by atoms with Crippen molar-refractivity contribution in [2.75, 3.05) is 19.8 Å². The summed E-state index contributed by atoms with van der Waals surface area (Å²) in [5, 5.41) is 7.30. The largest absolute Gasteiger partial charge is 0.381 e. The lowest BCUT2D eigenvalue weighted by Gasteiger charge is -2.05. The van der Waals surface area contributed by atoms with Crippen molar-refractivity contribution in [1.82, 2.24) is 15.1 Å². The first-order chi connectivity index (χ1) is 11.8. The highest BCUT2D eigenvalue weighted by molar-refractivity contribution is 5.76. The topological polar surface area (TPSA) is 56.2 Å². The molecule has 1 fully saturated rings. The predicted molar refractivity (Wildman–Crippen MR) is 93.1 cm³/mol. The smallest absolute Gasteiger partial charge is 0.220 e. The number of ether oxygens (including phenoxy) is 1. The van der Waals surface area contributed by atoms with E-state index < -0.39 is 0 Å². The van der Waals surface area contributed by atoms with Crippen LogP contribution < -0.4 is 5.32 Å². The summed E-state index contributed by atoms with van der Waals surface area (Å²) < 4.78 is 7.39. The molecule has 1 aromatic heterocycles. The van der Waals surface area contributed by atoms with Gasteiger partial charge in [-0.2, -0.15) is 5.10 Å². The van der Waals surface area contributed by atoms with Gasteiger partial charge in [0.1, 0.15) is 0 Å². The molecule has 1 N–H and O–H groups in total. The van der Waals surface area contributed by atoms with Crippen LogP contribution in [-0.2, 0) is 16.0 Å². The number of amides is 1. The molecule has 0 unspecified atom stereocenters. The maximum absolute atomic E-state index is 11.9. The van der Waals surface area contributed by atoms with Crippen molar-refractivity contribution < 1.29 is 9.53 Å². The first-order valence-corrected chi connectivity index (χ1v) is 8.74. The number of aryl methyl sites for hydroxylation is 1. The Labute approximate surface area is 143 Å². The maximum Gasteiger partial charge on any atom is 0.220 e. The summed E-state index contributed by atoms with van der Waals surface area (Å²) in [6.07, 6.45) is 8.51. The number of carbonyl (C=O) groups is 1. The highest BCUT2D eigenvalue weighted by atomic mass is 16.5. The van der Waals surface area contributed by atoms with E-state index in [0.717, 1.165) is 36.8 Å². The lowest BCUT2D eigenvalue weighted by Crippen LogP contribution is -2.25. The fraction of sp³-hybridized carbons (Fsp3) is 0.474. The minimum atomic E-state index is 0.0876. The molecule has 0 aliphatic heterocycles. The summed E-state index contributed by atoms with van der Waals surface area (Å²) in [5.41, 5.74) is 2.10. The van der Waals surface area contributed by atoms with E-state index in [4.69, 9.17) is 4.74 Å². The van der Waals surface area contributed by atoms with Gasteiger partial charge < -0.3 is 10.1 Å². The van der Waals surface area contributed by atoms with E-state index in [1.807, 2.05) is 47.4 Å². The molecule has 3 rings (SSSR count). The third-order valence-corrected chi connectivity index (χ3v) is 4.14. The summed E-state index contributed by atoms with van der Waals surface area (Å²) in [7, 11) is 0. The van der Waals surface area contributed by atoms with Crippen LogP contribution in [0.4, 0.5) is 0 Å². The van der Waals surface area contributed by atoms with Gasteiger partial charge in [-0.05, 0) is 49.3 Å². The molecule has 1 amide bonds. The van der Waals surface area contributed by atoms with Crippen LogP contribution in [0.3, 0.4) is 0 Å². The number of rotatable bonds is 10. The predicted octanol–water partition coefficient (Wildman–Crippen LogP) is 2.74. The summed E-state index contributed by atoms with van der Waals surface area (Å²) in [6.45, 7) is 2.31. The Bertz CT molecular complexity index is 635. The van der Waals surface area contributed by atoms with Gasteiger partial charge >= 0.3 is 0 Å². The number of carbonyl (C=O) groups excluding carboxylic acids is 1. The molecular weight excluding hydrogens is 302 g/mol. The van der Waals surface area contributed by atoms with Crippen molar-refractivity contribution in [2.45, 2.75) is 32.1 Å². The minimum absolute atomic E-state index is 0.0876. The Balaban J connectivity index is 1.30. The molecular formula is C19H25N3O2. The second-order valence-electron chi connectivity index (χ2n) is 6.35. The van der Waals surface area contributed by atoms with Crippen LogP contribution in [0.5, 0.6) is 0 Å². The number of nitrogens with zero attached hydrogens (tertiary/aromatic N) is 2. The number of benzene rings is 1. The van der Waals surface area contributed by atoms with Gasteiger partial charge in [0.05, 0.1) is 11.9 Å². The summed E-state index contributed by atoms with van der Waals surface area (Å²) in [6, 6.07) is 9.97. The lowest BCUT2D eigenvalue weighted by molar-refractivity contribution is -0.121. The normalized spacial score (nSPS) is 13.8. The van der Waals surface area contributed by atoms with Crippen LogP contribution in [0.1, 0.15) is 31.2 Å². The van der Waals surface area contributed by atoms with E-state index in [-0.39, 0.29) is 5.91 Å². The molecule has 1 saturated carbocycles. The van der Waals surface area contributed by atoms with Crippen LogP contribution in [0.2, 0.25) is 0 Å². The van der Waals surface area contributed by atoms with Crippen molar-refractivity contribution >= 4 is 5.91 Å². The zero-order valence-corrected chi connectivity index (χ0v) is 14.0. The lowest BCUT2D eigenvalue weighted by atomic mass is 10.2. The van der Waals surface area contributed by atoms with Crippen LogP contribution in [0, 0.1) is 5.92 Å². The molecule has 1 aromatic carbocycles. The second-order valence-corrected chi connectivity index (χ2v) is 6.35. The third kappa shape index (κ3) is 5.49. The van der Waals surface area contributed by atoms with Gasteiger partial charge in [0.15, 0.2) is 0 Å². The van der Waals surface area contributed by atoms with Gasteiger partial charge in [0, 0.05) is 32.4 Å². The molecule has 5 nitrogen and oxygen atoms in total. The molecule has 0 bridgehead atoms. The second kappa shape index (κ2) is 8.64. The zero-order chi connectivity index (χ0) is 16.6. The number of hydrogen-bond acceptors (Lipinski definition) is 3. The molecule has 1 aliphatic rings. The molecule has 0 spiro atoms. The van der Waals surface area contributed by atoms with Crippen molar-refractivity contribution in [1.29, 1.82) is 0 Å². The molecule has 2 aromatic rings. The van der Waals surface area contributed by atoms with E-state index in [9.17, 15) is 4.79 Å². The molecule has 0 radical (unpaired) electrons. The molecule has 0 saturated heterocycles. The van der Waals surface area contributed by atoms with E-state index in [0.29, 0.717) is 19.4 Å². The van der Waals surface area contributed by atoms with E-state index >= 15 is 0 Å². The van der Waals surface area contributed by atoms with Gasteiger partial charge in [0.25, 0.3) is 0 Å². The average molecular weight is 327 g/mol. The zero-order valence-electron chi connectivity index (χ0n) is 14.0. The summed E-state index contributed by atoms with van der Waals surface area (Å²) in [5.74, 6) is 0.890. The van der Waals surface area contributed by atoms with Crippen molar-refractivity contribution in [3.05, 3.63) is 48.3 Å². The Hall–Kier alpha value is -2.14. The Morgan fingerprint density at radius 1 is 1.29 bits per heavy atom. The van der Waals surface area contributed by atoms with E-state index in [1.165, 1.54) is 12.8 Å². The molecule has 1 heterocycles. The molecule has 0 atom stereocenters. The van der Waals surface area contributed by atoms with Crippen molar-refractivity contribution in [2.24, 2.45) is 5.92 Å².